The Bertz CT molecular complexity index is 1110. The number of amides is 2. The zero-order valence-electron chi connectivity index (χ0n) is 17.3. The van der Waals surface area contributed by atoms with E-state index in [0.717, 1.165) is 5.56 Å². The van der Waals surface area contributed by atoms with E-state index in [2.05, 4.69) is 5.32 Å². The number of hydrogen-bond donors (Lipinski definition) is 1. The molecule has 5 nitrogen and oxygen atoms in total. The summed E-state index contributed by atoms with van der Waals surface area (Å²) in [4.78, 5) is 29.5. The van der Waals surface area contributed by atoms with Crippen LogP contribution < -0.4 is 10.2 Å². The molecular formula is C25H22ClN3O2S. The molecule has 0 aliphatic carbocycles. The van der Waals surface area contributed by atoms with Crippen LogP contribution in [-0.2, 0) is 16.0 Å². The minimum absolute atomic E-state index is 0.0117. The van der Waals surface area contributed by atoms with Crippen LogP contribution in [0.2, 0.25) is 5.02 Å². The SMILES string of the molecule is O=C(C[C@@H]1C(=O)N(c2ccccc2)C(=S)N1CCc1ccc(Cl)cc1)Nc1ccccc1. The van der Waals surface area contributed by atoms with Crippen molar-refractivity contribution in [1.82, 2.24) is 4.90 Å². The molecule has 0 spiro atoms. The summed E-state index contributed by atoms with van der Waals surface area (Å²) in [6, 6.07) is 25.4. The van der Waals surface area contributed by atoms with Crippen molar-refractivity contribution in [3.63, 3.8) is 0 Å². The van der Waals surface area contributed by atoms with Crippen LogP contribution in [0.3, 0.4) is 0 Å². The van der Waals surface area contributed by atoms with Gasteiger partial charge >= 0.3 is 0 Å². The van der Waals surface area contributed by atoms with Gasteiger partial charge in [-0.25, -0.2) is 0 Å². The Labute approximate surface area is 197 Å². The molecule has 0 aromatic heterocycles. The molecule has 1 atom stereocenters. The molecule has 2 amide bonds. The lowest BCUT2D eigenvalue weighted by Crippen LogP contribution is -2.39. The fraction of sp³-hybridized carbons (Fsp3) is 0.160. The number of carbonyl (C=O) groups excluding carboxylic acids is 2. The lowest BCUT2D eigenvalue weighted by molar-refractivity contribution is -0.124. The van der Waals surface area contributed by atoms with Gasteiger partial charge in [-0.1, -0.05) is 60.1 Å². The molecule has 1 aliphatic rings. The number of nitrogens with one attached hydrogen (secondary N) is 1. The van der Waals surface area contributed by atoms with Gasteiger partial charge in [0.05, 0.1) is 12.1 Å². The number of hydrogen-bond acceptors (Lipinski definition) is 3. The van der Waals surface area contributed by atoms with Gasteiger partial charge in [0.25, 0.3) is 5.91 Å². The van der Waals surface area contributed by atoms with Gasteiger partial charge in [-0.3, -0.25) is 14.5 Å². The van der Waals surface area contributed by atoms with Crippen molar-refractivity contribution in [2.45, 2.75) is 18.9 Å². The maximum absolute atomic E-state index is 13.4. The molecule has 32 heavy (non-hydrogen) atoms. The summed E-state index contributed by atoms with van der Waals surface area (Å²) < 4.78 is 0. The van der Waals surface area contributed by atoms with Crippen LogP contribution in [0.5, 0.6) is 0 Å². The van der Waals surface area contributed by atoms with Crippen LogP contribution >= 0.6 is 23.8 Å². The number of thiocarbonyl (C=S) groups is 1. The van der Waals surface area contributed by atoms with Crippen molar-refractivity contribution in [1.29, 1.82) is 0 Å². The van der Waals surface area contributed by atoms with Gasteiger partial charge in [-0.05, 0) is 60.6 Å². The molecule has 162 valence electrons. The van der Waals surface area contributed by atoms with E-state index < -0.39 is 6.04 Å². The Morgan fingerprint density at radius 2 is 1.56 bits per heavy atom. The second-order valence-corrected chi connectivity index (χ2v) is 8.30. The van der Waals surface area contributed by atoms with Crippen LogP contribution in [0.1, 0.15) is 12.0 Å². The van der Waals surface area contributed by atoms with Gasteiger partial charge in [0.15, 0.2) is 5.11 Å². The van der Waals surface area contributed by atoms with Crippen molar-refractivity contribution in [3.05, 3.63) is 95.5 Å². The Hall–Kier alpha value is -3.22. The molecule has 1 saturated heterocycles. The van der Waals surface area contributed by atoms with Gasteiger partial charge in [0.1, 0.15) is 6.04 Å². The van der Waals surface area contributed by atoms with Gasteiger partial charge in [-0.15, -0.1) is 0 Å². The van der Waals surface area contributed by atoms with E-state index >= 15 is 0 Å². The quantitative estimate of drug-likeness (QED) is 0.505. The summed E-state index contributed by atoms with van der Waals surface area (Å²) in [5, 5.41) is 3.95. The third-order valence-electron chi connectivity index (χ3n) is 5.32. The van der Waals surface area contributed by atoms with Crippen molar-refractivity contribution in [2.75, 3.05) is 16.8 Å². The maximum atomic E-state index is 13.4. The number of para-hydroxylation sites is 2. The maximum Gasteiger partial charge on any atom is 0.256 e. The van der Waals surface area contributed by atoms with Crippen LogP contribution in [0.25, 0.3) is 0 Å². The average Bonchev–Trinajstić information content (AvgIpc) is 3.03. The zero-order valence-corrected chi connectivity index (χ0v) is 18.9. The normalized spacial score (nSPS) is 15.8. The summed E-state index contributed by atoms with van der Waals surface area (Å²) in [6.07, 6.45) is 0.682. The summed E-state index contributed by atoms with van der Waals surface area (Å²) in [6.45, 7) is 0.513. The zero-order chi connectivity index (χ0) is 22.5. The summed E-state index contributed by atoms with van der Waals surface area (Å²) >= 11 is 11.7. The minimum atomic E-state index is -0.668. The van der Waals surface area contributed by atoms with E-state index in [1.165, 1.54) is 4.90 Å². The average molecular weight is 464 g/mol. The Kier molecular flexibility index (Phi) is 6.83. The van der Waals surface area contributed by atoms with Crippen molar-refractivity contribution < 1.29 is 9.59 Å². The molecular weight excluding hydrogens is 442 g/mol. The Balaban J connectivity index is 1.54. The number of carbonyl (C=O) groups is 2. The molecule has 1 fully saturated rings. The van der Waals surface area contributed by atoms with E-state index in [4.69, 9.17) is 23.8 Å². The first kappa shape index (κ1) is 22.0. The largest absolute Gasteiger partial charge is 0.336 e. The number of anilines is 2. The van der Waals surface area contributed by atoms with E-state index in [9.17, 15) is 9.59 Å². The lowest BCUT2D eigenvalue weighted by Gasteiger charge is -2.24. The lowest BCUT2D eigenvalue weighted by atomic mass is 10.1. The molecule has 0 saturated carbocycles. The van der Waals surface area contributed by atoms with Gasteiger partial charge in [0.2, 0.25) is 5.91 Å². The van der Waals surface area contributed by atoms with Crippen LogP contribution in [-0.4, -0.2) is 34.4 Å². The Morgan fingerprint density at radius 3 is 2.22 bits per heavy atom. The highest BCUT2D eigenvalue weighted by atomic mass is 35.5. The molecule has 1 heterocycles. The first-order chi connectivity index (χ1) is 15.5. The second-order valence-electron chi connectivity index (χ2n) is 7.50. The van der Waals surface area contributed by atoms with E-state index in [1.807, 2.05) is 89.8 Å². The molecule has 0 radical (unpaired) electrons. The smallest absolute Gasteiger partial charge is 0.256 e. The third kappa shape index (κ3) is 4.98. The monoisotopic (exact) mass is 463 g/mol. The topological polar surface area (TPSA) is 52.7 Å². The molecule has 7 heteroatoms. The van der Waals surface area contributed by atoms with Crippen LogP contribution in [0.4, 0.5) is 11.4 Å². The van der Waals surface area contributed by atoms with E-state index in [-0.39, 0.29) is 18.2 Å². The van der Waals surface area contributed by atoms with Crippen LogP contribution in [0, 0.1) is 0 Å². The summed E-state index contributed by atoms with van der Waals surface area (Å²) in [7, 11) is 0. The molecule has 3 aromatic carbocycles. The molecule has 0 bridgehead atoms. The highest BCUT2D eigenvalue weighted by molar-refractivity contribution is 7.80. The summed E-state index contributed by atoms with van der Waals surface area (Å²) in [5.41, 5.74) is 2.47. The molecule has 4 rings (SSSR count). The second kappa shape index (κ2) is 9.94. The van der Waals surface area contributed by atoms with Gasteiger partial charge in [-0.2, -0.15) is 0 Å². The number of rotatable bonds is 7. The number of halogens is 1. The first-order valence-corrected chi connectivity index (χ1v) is 11.1. The first-order valence-electron chi connectivity index (χ1n) is 10.3. The van der Waals surface area contributed by atoms with Gasteiger partial charge in [0, 0.05) is 17.3 Å². The fourth-order valence-corrected chi connectivity index (χ4v) is 4.25. The standard InChI is InChI=1S/C25H22ClN3O2S/c26-19-13-11-18(12-14-19)15-16-28-22(17-23(30)27-20-7-3-1-4-8-20)24(31)29(25(28)32)21-9-5-2-6-10-21/h1-14,22H,15-17H2,(H,27,30)/t22-/m1/s1. The third-order valence-corrected chi connectivity index (χ3v) is 5.99. The molecule has 1 aliphatic heterocycles. The Morgan fingerprint density at radius 1 is 0.938 bits per heavy atom. The van der Waals surface area contributed by atoms with Crippen LogP contribution in [0.15, 0.2) is 84.9 Å². The molecule has 3 aromatic rings. The van der Waals surface area contributed by atoms with Crippen molar-refractivity contribution in [3.8, 4) is 0 Å². The minimum Gasteiger partial charge on any atom is -0.336 e. The molecule has 0 unspecified atom stereocenters. The van der Waals surface area contributed by atoms with Crippen molar-refractivity contribution >= 4 is 52.1 Å². The number of nitrogens with zero attached hydrogens (tertiary/aromatic N) is 2. The predicted octanol–water partition coefficient (Wildman–Crippen LogP) is 4.91. The number of benzene rings is 3. The predicted molar refractivity (Wildman–Crippen MR) is 132 cm³/mol. The van der Waals surface area contributed by atoms with Gasteiger partial charge < -0.3 is 10.2 Å². The molecule has 1 N–H and O–H groups in total. The highest BCUT2D eigenvalue weighted by Gasteiger charge is 2.43. The highest BCUT2D eigenvalue weighted by Crippen LogP contribution is 2.27. The van der Waals surface area contributed by atoms with Crippen molar-refractivity contribution in [2.24, 2.45) is 0 Å². The fourth-order valence-electron chi connectivity index (χ4n) is 3.71. The van der Waals surface area contributed by atoms with E-state index in [0.29, 0.717) is 34.5 Å². The summed E-state index contributed by atoms with van der Waals surface area (Å²) in [5.74, 6) is -0.427. The van der Waals surface area contributed by atoms with E-state index in [1.54, 1.807) is 0 Å².